The van der Waals surface area contributed by atoms with E-state index in [9.17, 15) is 0 Å². The first-order valence-corrected chi connectivity index (χ1v) is 12.6. The summed E-state index contributed by atoms with van der Waals surface area (Å²) in [5.41, 5.74) is -0.714. The molecular formula is C16H34O3Sn. The van der Waals surface area contributed by atoms with Gasteiger partial charge in [0.15, 0.2) is 0 Å². The second kappa shape index (κ2) is 5.39. The van der Waals surface area contributed by atoms with Crippen molar-refractivity contribution >= 4 is 19.6 Å². The average Bonchev–Trinajstić information content (AvgIpc) is 2.73. The van der Waals surface area contributed by atoms with Crippen molar-refractivity contribution in [1.29, 1.82) is 0 Å². The Bertz CT molecular complexity index is 299. The van der Waals surface area contributed by atoms with Crippen molar-refractivity contribution in [3.8, 4) is 0 Å². The van der Waals surface area contributed by atoms with Crippen LogP contribution in [0, 0.1) is 0 Å². The van der Waals surface area contributed by atoms with Crippen LogP contribution in [-0.4, -0.2) is 36.4 Å². The van der Waals surface area contributed by atoms with E-state index in [-0.39, 0.29) is 20.2 Å². The van der Waals surface area contributed by atoms with E-state index in [1.54, 1.807) is 0 Å². The molecule has 0 bridgehead atoms. The van der Waals surface area contributed by atoms with Gasteiger partial charge in [0.05, 0.1) is 0 Å². The van der Waals surface area contributed by atoms with Crippen LogP contribution in [0.1, 0.15) is 82.1 Å². The van der Waals surface area contributed by atoms with Crippen LogP contribution in [-0.2, 0) is 9.22 Å². The molecule has 0 aromatic heterocycles. The van der Waals surface area contributed by atoms with Gasteiger partial charge in [-0.1, -0.05) is 0 Å². The third-order valence-electron chi connectivity index (χ3n) is 3.06. The third-order valence-corrected chi connectivity index (χ3v) is 16.3. The average molecular weight is 393 g/mol. The standard InChI is InChI=1S/3C4H9O.C4H7.Sn/c3*1-4(2,3)5;1-4-2-3-4;/h3*1-3H3;2-3H2,1H3;/q3*-1;;+3. The monoisotopic (exact) mass is 394 g/mol. The van der Waals surface area contributed by atoms with E-state index in [0.29, 0.717) is 0 Å². The van der Waals surface area contributed by atoms with E-state index >= 15 is 0 Å². The van der Waals surface area contributed by atoms with Crippen molar-refractivity contribution in [3.63, 3.8) is 0 Å². The van der Waals surface area contributed by atoms with Gasteiger partial charge in [0, 0.05) is 0 Å². The minimum atomic E-state index is -3.71. The second-order valence-corrected chi connectivity index (χ2v) is 17.6. The number of rotatable bonds is 4. The van der Waals surface area contributed by atoms with Gasteiger partial charge in [-0.05, 0) is 0 Å². The van der Waals surface area contributed by atoms with Crippen molar-refractivity contribution in [2.24, 2.45) is 0 Å². The van der Waals surface area contributed by atoms with Gasteiger partial charge in [-0.3, -0.25) is 0 Å². The Morgan fingerprint density at radius 2 is 0.900 bits per heavy atom. The molecule has 1 saturated carbocycles. The first-order chi connectivity index (χ1) is 8.58. The van der Waals surface area contributed by atoms with E-state index in [4.69, 9.17) is 9.22 Å². The van der Waals surface area contributed by atoms with Crippen molar-refractivity contribution in [2.45, 2.75) is 102 Å². The van der Waals surface area contributed by atoms with Gasteiger partial charge >= 0.3 is 131 Å². The van der Waals surface area contributed by atoms with Gasteiger partial charge in [0.1, 0.15) is 0 Å². The topological polar surface area (TPSA) is 27.7 Å². The first-order valence-electron chi connectivity index (χ1n) is 7.68. The molecule has 0 spiro atoms. The summed E-state index contributed by atoms with van der Waals surface area (Å²) in [7, 11) is 0. The molecule has 1 rings (SSSR count). The molecule has 0 radical (unpaired) electrons. The van der Waals surface area contributed by atoms with Crippen LogP contribution in [0.2, 0.25) is 3.43 Å². The summed E-state index contributed by atoms with van der Waals surface area (Å²) in [6.07, 6.45) is 2.32. The molecule has 0 aromatic carbocycles. The van der Waals surface area contributed by atoms with Crippen LogP contribution >= 0.6 is 0 Å². The molecule has 0 aromatic rings. The zero-order valence-electron chi connectivity index (χ0n) is 15.1. The van der Waals surface area contributed by atoms with Crippen LogP contribution in [0.25, 0.3) is 0 Å². The van der Waals surface area contributed by atoms with Crippen molar-refractivity contribution in [2.75, 3.05) is 0 Å². The Morgan fingerprint density at radius 1 is 0.650 bits per heavy atom. The SMILES string of the molecule is CC(C)(C)[O][Sn]([O]C(C)(C)C)([O]C(C)(C)C)[C]1(C)CC1. The number of hydrogen-bond acceptors (Lipinski definition) is 3. The molecule has 1 aliphatic carbocycles. The maximum absolute atomic E-state index is 6.57. The molecule has 0 saturated heterocycles. The van der Waals surface area contributed by atoms with Gasteiger partial charge in [-0.2, -0.15) is 0 Å². The van der Waals surface area contributed by atoms with Crippen LogP contribution in [0.3, 0.4) is 0 Å². The molecule has 0 atom stereocenters. The third kappa shape index (κ3) is 5.47. The summed E-state index contributed by atoms with van der Waals surface area (Å²) < 4.78 is 19.8. The Hall–Kier alpha value is 0.679. The fourth-order valence-electron chi connectivity index (χ4n) is 2.14. The van der Waals surface area contributed by atoms with Crippen molar-refractivity contribution in [1.82, 2.24) is 0 Å². The quantitative estimate of drug-likeness (QED) is 0.635. The second-order valence-electron chi connectivity index (χ2n) is 9.26. The molecule has 1 fully saturated rings. The number of hydrogen-bond donors (Lipinski definition) is 0. The summed E-state index contributed by atoms with van der Waals surface area (Å²) in [5.74, 6) is 0. The summed E-state index contributed by atoms with van der Waals surface area (Å²) in [5, 5.41) is 0. The minimum absolute atomic E-state index is 0.127. The Kier molecular flexibility index (Phi) is 5.05. The van der Waals surface area contributed by atoms with Gasteiger partial charge in [0.25, 0.3) is 0 Å². The van der Waals surface area contributed by atoms with Crippen LogP contribution in [0.5, 0.6) is 0 Å². The molecule has 20 heavy (non-hydrogen) atoms. The zero-order valence-corrected chi connectivity index (χ0v) is 18.0. The zero-order chi connectivity index (χ0) is 16.0. The van der Waals surface area contributed by atoms with Crippen molar-refractivity contribution < 1.29 is 9.22 Å². The van der Waals surface area contributed by atoms with Crippen LogP contribution in [0.15, 0.2) is 0 Å². The summed E-state index contributed by atoms with van der Waals surface area (Å²) in [6.45, 7) is 21.2. The predicted octanol–water partition coefficient (Wildman–Crippen LogP) is 4.92. The Morgan fingerprint density at radius 3 is 1.05 bits per heavy atom. The molecular weight excluding hydrogens is 359 g/mol. The van der Waals surface area contributed by atoms with E-state index in [1.807, 2.05) is 0 Å². The molecule has 4 heteroatoms. The van der Waals surface area contributed by atoms with Gasteiger partial charge in [-0.15, -0.1) is 0 Å². The van der Waals surface area contributed by atoms with Crippen LogP contribution in [0.4, 0.5) is 0 Å². The predicted molar refractivity (Wildman–Crippen MR) is 85.9 cm³/mol. The molecule has 1 aliphatic rings. The summed E-state index contributed by atoms with van der Waals surface area (Å²) in [4.78, 5) is 0. The van der Waals surface area contributed by atoms with E-state index in [1.165, 1.54) is 0 Å². The van der Waals surface area contributed by atoms with E-state index < -0.39 is 19.6 Å². The molecule has 0 unspecified atom stereocenters. The molecule has 0 N–H and O–H groups in total. The fourth-order valence-corrected chi connectivity index (χ4v) is 13.6. The Balaban J connectivity index is 3.19. The molecule has 3 nitrogen and oxygen atoms in total. The van der Waals surface area contributed by atoms with Crippen molar-refractivity contribution in [3.05, 3.63) is 0 Å². The van der Waals surface area contributed by atoms with Gasteiger partial charge in [-0.25, -0.2) is 0 Å². The van der Waals surface area contributed by atoms with Gasteiger partial charge < -0.3 is 0 Å². The van der Waals surface area contributed by atoms with E-state index in [0.717, 1.165) is 12.8 Å². The molecule has 0 amide bonds. The molecule has 120 valence electrons. The summed E-state index contributed by atoms with van der Waals surface area (Å²) in [6, 6.07) is 0. The Labute approximate surface area is 131 Å². The summed E-state index contributed by atoms with van der Waals surface area (Å²) >= 11 is -3.71. The van der Waals surface area contributed by atoms with E-state index in [2.05, 4.69) is 69.2 Å². The molecule has 0 heterocycles. The normalized spacial score (nSPS) is 20.1. The first kappa shape index (κ1) is 18.7. The molecule has 0 aliphatic heterocycles. The maximum atomic E-state index is 6.57. The van der Waals surface area contributed by atoms with Crippen LogP contribution < -0.4 is 0 Å². The fraction of sp³-hybridized carbons (Fsp3) is 1.00. The van der Waals surface area contributed by atoms with Gasteiger partial charge in [0.2, 0.25) is 0 Å².